The molecule has 4 N–H and O–H groups in total. The molecule has 0 fully saturated rings. The van der Waals surface area contributed by atoms with Gasteiger partial charge in [0.1, 0.15) is 5.00 Å². The van der Waals surface area contributed by atoms with Crippen LogP contribution in [-0.2, 0) is 0 Å². The Balaban J connectivity index is 2.28. The highest BCUT2D eigenvalue weighted by Crippen LogP contribution is 2.31. The second kappa shape index (κ2) is 5.52. The zero-order chi connectivity index (χ0) is 14.9. The average molecular weight is 311 g/mol. The van der Waals surface area contributed by atoms with E-state index in [1.165, 1.54) is 0 Å². The Morgan fingerprint density at radius 3 is 2.40 bits per heavy atom. The number of carboxylic acid groups (broad SMARTS) is 1. The fraction of sp³-hybridized carbons (Fsp3) is 0.0769. The lowest BCUT2D eigenvalue weighted by Crippen LogP contribution is -2.12. The van der Waals surface area contributed by atoms with Crippen LogP contribution in [0.3, 0.4) is 0 Å². The van der Waals surface area contributed by atoms with Crippen LogP contribution < -0.4 is 11.1 Å². The Labute approximate surface area is 124 Å². The maximum atomic E-state index is 12.1. The van der Waals surface area contributed by atoms with Crippen LogP contribution in [0.5, 0.6) is 0 Å². The van der Waals surface area contributed by atoms with Crippen molar-refractivity contribution >= 4 is 45.5 Å². The molecule has 5 nitrogen and oxygen atoms in total. The lowest BCUT2D eigenvalue weighted by atomic mass is 10.1. The van der Waals surface area contributed by atoms with Crippen LogP contribution in [0, 0.1) is 6.92 Å². The number of halogens is 1. The van der Waals surface area contributed by atoms with Gasteiger partial charge >= 0.3 is 5.97 Å². The van der Waals surface area contributed by atoms with E-state index in [2.05, 4.69) is 5.32 Å². The molecule has 0 aliphatic rings. The number of nitrogen functional groups attached to an aromatic ring is 1. The number of nitrogens with one attached hydrogen (secondary N) is 1. The Bertz CT molecular complexity index is 680. The third-order valence-electron chi connectivity index (χ3n) is 2.70. The SMILES string of the molecule is Cc1c(C(=O)Nc2ccc(Cl)cc2)sc(N)c1C(=O)O. The van der Waals surface area contributed by atoms with E-state index in [1.54, 1.807) is 31.2 Å². The first-order valence-corrected chi connectivity index (χ1v) is 6.78. The van der Waals surface area contributed by atoms with Crippen molar-refractivity contribution in [2.75, 3.05) is 11.1 Å². The van der Waals surface area contributed by atoms with E-state index in [4.69, 9.17) is 22.4 Å². The molecule has 0 aliphatic heterocycles. The molecule has 1 amide bonds. The number of carbonyl (C=O) groups is 2. The molecular formula is C13H11ClN2O3S. The molecule has 20 heavy (non-hydrogen) atoms. The van der Waals surface area contributed by atoms with E-state index >= 15 is 0 Å². The standard InChI is InChI=1S/C13H11ClN2O3S/c1-6-9(13(18)19)11(15)20-10(6)12(17)16-8-4-2-7(14)3-5-8/h2-5H,15H2,1H3,(H,16,17)(H,18,19). The van der Waals surface area contributed by atoms with Gasteiger partial charge in [0.05, 0.1) is 10.4 Å². The average Bonchev–Trinajstić information content (AvgIpc) is 2.67. The number of anilines is 2. The molecule has 0 saturated carbocycles. The highest BCUT2D eigenvalue weighted by atomic mass is 35.5. The number of thiophene rings is 1. The van der Waals surface area contributed by atoms with Crippen molar-refractivity contribution in [3.63, 3.8) is 0 Å². The summed E-state index contributed by atoms with van der Waals surface area (Å²) >= 11 is 6.72. The number of aromatic carboxylic acids is 1. The summed E-state index contributed by atoms with van der Waals surface area (Å²) < 4.78 is 0. The summed E-state index contributed by atoms with van der Waals surface area (Å²) in [6, 6.07) is 6.61. The summed E-state index contributed by atoms with van der Waals surface area (Å²) in [6.07, 6.45) is 0. The van der Waals surface area contributed by atoms with Gasteiger partial charge < -0.3 is 16.2 Å². The van der Waals surface area contributed by atoms with Gasteiger partial charge in [-0.2, -0.15) is 0 Å². The molecule has 0 bridgehead atoms. The zero-order valence-electron chi connectivity index (χ0n) is 10.4. The van der Waals surface area contributed by atoms with Gasteiger partial charge in [-0.1, -0.05) is 11.6 Å². The summed E-state index contributed by atoms with van der Waals surface area (Å²) in [5.74, 6) is -1.53. The molecule has 0 aliphatic carbocycles. The van der Waals surface area contributed by atoms with Gasteiger partial charge in [0.2, 0.25) is 0 Å². The van der Waals surface area contributed by atoms with Gasteiger partial charge in [0.25, 0.3) is 5.91 Å². The third-order valence-corrected chi connectivity index (χ3v) is 4.07. The quantitative estimate of drug-likeness (QED) is 0.811. The fourth-order valence-corrected chi connectivity index (χ4v) is 2.83. The number of benzene rings is 1. The third kappa shape index (κ3) is 2.76. The molecule has 1 aromatic heterocycles. The first kappa shape index (κ1) is 14.4. The van der Waals surface area contributed by atoms with Crippen LogP contribution >= 0.6 is 22.9 Å². The van der Waals surface area contributed by atoms with Gasteiger partial charge in [-0.3, -0.25) is 4.79 Å². The predicted molar refractivity (Wildman–Crippen MR) is 79.8 cm³/mol. The monoisotopic (exact) mass is 310 g/mol. The minimum atomic E-state index is -1.14. The number of carbonyl (C=O) groups excluding carboxylic acids is 1. The first-order valence-electron chi connectivity index (χ1n) is 5.59. The van der Waals surface area contributed by atoms with Crippen molar-refractivity contribution in [2.45, 2.75) is 6.92 Å². The van der Waals surface area contributed by atoms with Crippen molar-refractivity contribution in [3.05, 3.63) is 45.3 Å². The lowest BCUT2D eigenvalue weighted by Gasteiger charge is -2.04. The smallest absolute Gasteiger partial charge is 0.338 e. The molecule has 1 aromatic carbocycles. The van der Waals surface area contributed by atoms with Crippen molar-refractivity contribution in [1.82, 2.24) is 0 Å². The van der Waals surface area contributed by atoms with Crippen LogP contribution in [0.15, 0.2) is 24.3 Å². The first-order chi connectivity index (χ1) is 9.40. The molecule has 0 saturated heterocycles. The maximum absolute atomic E-state index is 12.1. The van der Waals surface area contributed by atoms with Crippen molar-refractivity contribution in [3.8, 4) is 0 Å². The van der Waals surface area contributed by atoms with E-state index in [1.807, 2.05) is 0 Å². The highest BCUT2D eigenvalue weighted by molar-refractivity contribution is 7.18. The van der Waals surface area contributed by atoms with Crippen LogP contribution in [-0.4, -0.2) is 17.0 Å². The molecule has 0 unspecified atom stereocenters. The molecule has 2 rings (SSSR count). The van der Waals surface area contributed by atoms with Crippen molar-refractivity contribution in [1.29, 1.82) is 0 Å². The summed E-state index contributed by atoms with van der Waals surface area (Å²) in [5, 5.41) is 12.4. The van der Waals surface area contributed by atoms with E-state index in [0.717, 1.165) is 11.3 Å². The van der Waals surface area contributed by atoms with Gasteiger partial charge in [0, 0.05) is 10.7 Å². The zero-order valence-corrected chi connectivity index (χ0v) is 12.0. The Hall–Kier alpha value is -2.05. The van der Waals surface area contributed by atoms with E-state index < -0.39 is 11.9 Å². The second-order valence-electron chi connectivity index (χ2n) is 4.06. The molecule has 0 atom stereocenters. The normalized spacial score (nSPS) is 10.3. The molecule has 1 heterocycles. The lowest BCUT2D eigenvalue weighted by molar-refractivity contribution is 0.0698. The molecule has 104 valence electrons. The van der Waals surface area contributed by atoms with Gasteiger partial charge in [0.15, 0.2) is 0 Å². The van der Waals surface area contributed by atoms with E-state index in [9.17, 15) is 9.59 Å². The van der Waals surface area contributed by atoms with Crippen LogP contribution in [0.25, 0.3) is 0 Å². The summed E-state index contributed by atoms with van der Waals surface area (Å²) in [6.45, 7) is 1.56. The molecule has 0 spiro atoms. The summed E-state index contributed by atoms with van der Waals surface area (Å²) in [4.78, 5) is 23.5. The summed E-state index contributed by atoms with van der Waals surface area (Å²) in [7, 11) is 0. The molecule has 2 aromatic rings. The molecular weight excluding hydrogens is 300 g/mol. The van der Waals surface area contributed by atoms with Crippen molar-refractivity contribution in [2.24, 2.45) is 0 Å². The van der Waals surface area contributed by atoms with Crippen LogP contribution in [0.1, 0.15) is 25.6 Å². The van der Waals surface area contributed by atoms with E-state index in [-0.39, 0.29) is 15.4 Å². The Morgan fingerprint density at radius 1 is 1.30 bits per heavy atom. The number of carboxylic acids is 1. The molecule has 7 heteroatoms. The Kier molecular flexibility index (Phi) is 3.96. The number of hydrogen-bond donors (Lipinski definition) is 3. The largest absolute Gasteiger partial charge is 0.478 e. The number of nitrogens with two attached hydrogens (primary N) is 1. The van der Waals surface area contributed by atoms with Gasteiger partial charge in [-0.25, -0.2) is 4.79 Å². The Morgan fingerprint density at radius 2 is 1.90 bits per heavy atom. The van der Waals surface area contributed by atoms with Gasteiger partial charge in [-0.15, -0.1) is 11.3 Å². The van der Waals surface area contributed by atoms with Crippen LogP contribution in [0.4, 0.5) is 10.7 Å². The highest BCUT2D eigenvalue weighted by Gasteiger charge is 2.22. The molecule has 0 radical (unpaired) electrons. The van der Waals surface area contributed by atoms with Gasteiger partial charge in [-0.05, 0) is 36.8 Å². The fourth-order valence-electron chi connectivity index (χ4n) is 1.74. The van der Waals surface area contributed by atoms with Crippen molar-refractivity contribution < 1.29 is 14.7 Å². The summed E-state index contributed by atoms with van der Waals surface area (Å²) in [5.41, 5.74) is 6.56. The number of amides is 1. The minimum absolute atomic E-state index is 0.0174. The van der Waals surface area contributed by atoms with Crippen LogP contribution in [0.2, 0.25) is 5.02 Å². The second-order valence-corrected chi connectivity index (χ2v) is 5.55. The number of rotatable bonds is 3. The number of hydrogen-bond acceptors (Lipinski definition) is 4. The minimum Gasteiger partial charge on any atom is -0.478 e. The topological polar surface area (TPSA) is 92.4 Å². The van der Waals surface area contributed by atoms with E-state index in [0.29, 0.717) is 16.3 Å². The predicted octanol–water partition coefficient (Wildman–Crippen LogP) is 3.24. The maximum Gasteiger partial charge on any atom is 0.338 e.